The Morgan fingerprint density at radius 3 is 2.66 bits per heavy atom. The van der Waals surface area contributed by atoms with Crippen LogP contribution in [0.2, 0.25) is 5.02 Å². The lowest BCUT2D eigenvalue weighted by molar-refractivity contribution is -0.384. The van der Waals surface area contributed by atoms with Gasteiger partial charge in [-0.1, -0.05) is 11.6 Å². The summed E-state index contributed by atoms with van der Waals surface area (Å²) < 4.78 is 10.5. The Bertz CT molecular complexity index is 1260. The molecular formula is C21H16ClN5O5. The maximum atomic E-state index is 12.6. The zero-order valence-corrected chi connectivity index (χ0v) is 17.6. The topological polar surface area (TPSA) is 143 Å². The van der Waals surface area contributed by atoms with Crippen molar-refractivity contribution in [2.45, 2.75) is 0 Å². The Morgan fingerprint density at radius 1 is 1.25 bits per heavy atom. The quantitative estimate of drug-likeness (QED) is 0.236. The van der Waals surface area contributed by atoms with Crippen LogP contribution in [0.4, 0.5) is 11.4 Å². The van der Waals surface area contributed by atoms with Crippen LogP contribution in [-0.2, 0) is 4.79 Å². The van der Waals surface area contributed by atoms with E-state index in [1.165, 1.54) is 38.6 Å². The van der Waals surface area contributed by atoms with E-state index in [1.807, 2.05) is 6.07 Å². The zero-order valence-electron chi connectivity index (χ0n) is 16.9. The van der Waals surface area contributed by atoms with E-state index in [0.29, 0.717) is 28.3 Å². The van der Waals surface area contributed by atoms with Crippen molar-refractivity contribution >= 4 is 35.0 Å². The van der Waals surface area contributed by atoms with Crippen LogP contribution in [0.5, 0.6) is 11.5 Å². The number of benzene rings is 2. The van der Waals surface area contributed by atoms with Crippen LogP contribution in [0, 0.1) is 21.4 Å². The Morgan fingerprint density at radius 2 is 2.00 bits per heavy atom. The van der Waals surface area contributed by atoms with Gasteiger partial charge in [0.25, 0.3) is 11.6 Å². The number of amides is 1. The van der Waals surface area contributed by atoms with Crippen molar-refractivity contribution in [2.75, 3.05) is 19.5 Å². The van der Waals surface area contributed by atoms with Gasteiger partial charge in [-0.15, -0.1) is 0 Å². The number of nitrogens with one attached hydrogen (secondary N) is 2. The van der Waals surface area contributed by atoms with Crippen molar-refractivity contribution in [1.29, 1.82) is 5.26 Å². The number of rotatable bonds is 7. The molecule has 1 aromatic heterocycles. The van der Waals surface area contributed by atoms with Gasteiger partial charge >= 0.3 is 0 Å². The lowest BCUT2D eigenvalue weighted by atomic mass is 10.1. The normalized spacial score (nSPS) is 10.9. The first-order valence-electron chi connectivity index (χ1n) is 9.00. The summed E-state index contributed by atoms with van der Waals surface area (Å²) in [5, 5.41) is 29.8. The maximum absolute atomic E-state index is 12.6. The second kappa shape index (κ2) is 9.63. The Labute approximate surface area is 187 Å². The van der Waals surface area contributed by atoms with Crippen LogP contribution in [0.1, 0.15) is 5.56 Å². The van der Waals surface area contributed by atoms with Crippen LogP contribution in [0.15, 0.2) is 48.2 Å². The summed E-state index contributed by atoms with van der Waals surface area (Å²) in [5.74, 6) is 0.251. The Hall–Kier alpha value is -4.36. The van der Waals surface area contributed by atoms with Gasteiger partial charge in [-0.3, -0.25) is 20.0 Å². The average Bonchev–Trinajstić information content (AvgIpc) is 3.26. The largest absolute Gasteiger partial charge is 0.493 e. The summed E-state index contributed by atoms with van der Waals surface area (Å²) in [6, 6.07) is 10.6. The van der Waals surface area contributed by atoms with Gasteiger partial charge in [0.15, 0.2) is 11.5 Å². The molecule has 1 heterocycles. The number of carbonyl (C=O) groups excluding carboxylic acids is 1. The molecule has 162 valence electrons. The van der Waals surface area contributed by atoms with E-state index in [-0.39, 0.29) is 22.0 Å². The lowest BCUT2D eigenvalue weighted by Crippen LogP contribution is -2.14. The number of nitro benzene ring substituents is 1. The molecule has 0 radical (unpaired) electrons. The van der Waals surface area contributed by atoms with Gasteiger partial charge in [0.1, 0.15) is 11.6 Å². The molecule has 0 fully saturated rings. The standard InChI is InChI=1S/C21H16ClN5O5/c1-31-18-6-3-12(8-19(18)32-2)20-14(11-24-26-20)7-13(10-23)21(28)25-17-9-15(27(29)30)4-5-16(17)22/h3-9,11H,1-2H3,(H,24,26)(H,25,28)/b13-7+. The van der Waals surface area contributed by atoms with E-state index < -0.39 is 10.8 Å². The molecule has 11 heteroatoms. The number of hydrogen-bond donors (Lipinski definition) is 2. The molecule has 0 bridgehead atoms. The minimum absolute atomic E-state index is 0.0133. The highest BCUT2D eigenvalue weighted by molar-refractivity contribution is 6.34. The maximum Gasteiger partial charge on any atom is 0.271 e. The monoisotopic (exact) mass is 453 g/mol. The number of H-pyrrole nitrogens is 1. The highest BCUT2D eigenvalue weighted by Crippen LogP contribution is 2.33. The first-order valence-corrected chi connectivity index (χ1v) is 9.38. The predicted octanol–water partition coefficient (Wildman–Crippen LogP) is 4.20. The van der Waals surface area contributed by atoms with Crippen LogP contribution < -0.4 is 14.8 Å². The first kappa shape index (κ1) is 22.3. The second-order valence-electron chi connectivity index (χ2n) is 6.32. The predicted molar refractivity (Wildman–Crippen MR) is 117 cm³/mol. The van der Waals surface area contributed by atoms with Crippen molar-refractivity contribution in [2.24, 2.45) is 0 Å². The number of nitro groups is 1. The van der Waals surface area contributed by atoms with E-state index in [4.69, 9.17) is 21.1 Å². The average molecular weight is 454 g/mol. The Balaban J connectivity index is 1.93. The van der Waals surface area contributed by atoms with Gasteiger partial charge in [0.05, 0.1) is 41.7 Å². The minimum atomic E-state index is -0.783. The minimum Gasteiger partial charge on any atom is -0.493 e. The van der Waals surface area contributed by atoms with Crippen LogP contribution in [0.25, 0.3) is 17.3 Å². The van der Waals surface area contributed by atoms with Crippen molar-refractivity contribution in [1.82, 2.24) is 10.2 Å². The molecule has 0 spiro atoms. The number of carbonyl (C=O) groups is 1. The van der Waals surface area contributed by atoms with Crippen molar-refractivity contribution in [3.05, 3.63) is 68.9 Å². The number of nitriles is 1. The third-order valence-electron chi connectivity index (χ3n) is 4.41. The molecule has 0 aliphatic heterocycles. The van der Waals surface area contributed by atoms with Crippen molar-refractivity contribution < 1.29 is 19.2 Å². The SMILES string of the molecule is COc1ccc(-c2[nH]ncc2/C=C(\C#N)C(=O)Nc2cc([N+](=O)[O-])ccc2Cl)cc1OC. The van der Waals surface area contributed by atoms with Gasteiger partial charge in [-0.25, -0.2) is 0 Å². The summed E-state index contributed by atoms with van der Waals surface area (Å²) in [4.78, 5) is 23.0. The van der Waals surface area contributed by atoms with Crippen molar-refractivity contribution in [3.63, 3.8) is 0 Å². The molecule has 0 atom stereocenters. The molecule has 0 aliphatic rings. The van der Waals surface area contributed by atoms with Gasteiger partial charge in [-0.05, 0) is 30.3 Å². The third-order valence-corrected chi connectivity index (χ3v) is 4.74. The van der Waals surface area contributed by atoms with E-state index >= 15 is 0 Å². The second-order valence-corrected chi connectivity index (χ2v) is 6.72. The number of non-ortho nitro benzene ring substituents is 1. The third kappa shape index (κ3) is 4.69. The smallest absolute Gasteiger partial charge is 0.271 e. The number of anilines is 1. The number of halogens is 1. The van der Waals surface area contributed by atoms with E-state index in [1.54, 1.807) is 18.2 Å². The van der Waals surface area contributed by atoms with Crippen LogP contribution in [-0.4, -0.2) is 35.2 Å². The molecule has 0 aliphatic carbocycles. The molecule has 0 saturated carbocycles. The summed E-state index contributed by atoms with van der Waals surface area (Å²) in [5.41, 5.74) is 1.20. The van der Waals surface area contributed by atoms with Crippen LogP contribution >= 0.6 is 11.6 Å². The highest BCUT2D eigenvalue weighted by atomic mass is 35.5. The van der Waals surface area contributed by atoms with Crippen LogP contribution in [0.3, 0.4) is 0 Å². The fraction of sp³-hybridized carbons (Fsp3) is 0.0952. The number of aromatic amines is 1. The molecule has 0 unspecified atom stereocenters. The highest BCUT2D eigenvalue weighted by Gasteiger charge is 2.17. The number of nitrogens with zero attached hydrogens (tertiary/aromatic N) is 3. The molecule has 3 aromatic rings. The van der Waals surface area contributed by atoms with E-state index in [0.717, 1.165) is 6.07 Å². The fourth-order valence-corrected chi connectivity index (χ4v) is 3.01. The molecule has 1 amide bonds. The van der Waals surface area contributed by atoms with Gasteiger partial charge in [0.2, 0.25) is 0 Å². The van der Waals surface area contributed by atoms with E-state index in [2.05, 4.69) is 15.5 Å². The number of methoxy groups -OCH3 is 2. The summed E-state index contributed by atoms with van der Waals surface area (Å²) in [6.07, 6.45) is 2.80. The van der Waals surface area contributed by atoms with Gasteiger partial charge in [-0.2, -0.15) is 10.4 Å². The molecule has 2 aromatic carbocycles. The summed E-state index contributed by atoms with van der Waals surface area (Å²) in [6.45, 7) is 0. The van der Waals surface area contributed by atoms with Gasteiger partial charge < -0.3 is 14.8 Å². The molecule has 3 rings (SSSR count). The lowest BCUT2D eigenvalue weighted by Gasteiger charge is -2.09. The summed E-state index contributed by atoms with van der Waals surface area (Å²) in [7, 11) is 3.03. The number of aromatic nitrogens is 2. The van der Waals surface area contributed by atoms with Crippen molar-refractivity contribution in [3.8, 4) is 28.8 Å². The molecule has 32 heavy (non-hydrogen) atoms. The molecule has 2 N–H and O–H groups in total. The molecular weight excluding hydrogens is 438 g/mol. The Kier molecular flexibility index (Phi) is 6.72. The zero-order chi connectivity index (χ0) is 23.3. The molecule has 0 saturated heterocycles. The first-order chi connectivity index (χ1) is 15.4. The number of ether oxygens (including phenoxy) is 2. The number of hydrogen-bond acceptors (Lipinski definition) is 7. The van der Waals surface area contributed by atoms with Gasteiger partial charge in [0, 0.05) is 23.3 Å². The van der Waals surface area contributed by atoms with E-state index in [9.17, 15) is 20.2 Å². The fourth-order valence-electron chi connectivity index (χ4n) is 2.84. The molecule has 10 nitrogen and oxygen atoms in total. The summed E-state index contributed by atoms with van der Waals surface area (Å²) >= 11 is 6.02.